The molecule has 96 valence electrons. The van der Waals surface area contributed by atoms with Crippen LogP contribution in [0.4, 0.5) is 0 Å². The lowest BCUT2D eigenvalue weighted by atomic mass is 9.92. The number of fused-ring (bicyclic) bond motifs is 1. The first-order valence-electron chi connectivity index (χ1n) is 6.95. The summed E-state index contributed by atoms with van der Waals surface area (Å²) in [4.78, 5) is 7.49. The molecule has 0 bridgehead atoms. The van der Waals surface area contributed by atoms with E-state index in [0.717, 1.165) is 23.0 Å². The standard InChI is InChI=1S/C15H19ClN2/c16-14-10-18-15-12(7-8-17-15)13(14)9-11-5-3-1-2-4-6-11/h7-8,10-11H,1-6,9H2,(H,17,18). The minimum absolute atomic E-state index is 0.797. The highest BCUT2D eigenvalue weighted by Crippen LogP contribution is 2.31. The molecule has 3 heteroatoms. The Hall–Kier alpha value is -1.02. The van der Waals surface area contributed by atoms with E-state index >= 15 is 0 Å². The zero-order valence-corrected chi connectivity index (χ0v) is 11.3. The maximum Gasteiger partial charge on any atom is 0.137 e. The molecule has 0 radical (unpaired) electrons. The van der Waals surface area contributed by atoms with Crippen molar-refractivity contribution in [3.05, 3.63) is 29.0 Å². The quantitative estimate of drug-likeness (QED) is 0.779. The van der Waals surface area contributed by atoms with Crippen molar-refractivity contribution in [3.8, 4) is 0 Å². The second-order valence-electron chi connectivity index (χ2n) is 5.39. The number of aromatic amines is 1. The van der Waals surface area contributed by atoms with Gasteiger partial charge in [-0.15, -0.1) is 0 Å². The first-order chi connectivity index (χ1) is 8.84. The fourth-order valence-electron chi connectivity index (χ4n) is 3.10. The van der Waals surface area contributed by atoms with Crippen molar-refractivity contribution in [2.24, 2.45) is 5.92 Å². The van der Waals surface area contributed by atoms with Crippen LogP contribution in [0.25, 0.3) is 11.0 Å². The lowest BCUT2D eigenvalue weighted by molar-refractivity contribution is 0.459. The third-order valence-corrected chi connectivity index (χ3v) is 4.44. The molecule has 0 spiro atoms. The van der Waals surface area contributed by atoms with Crippen molar-refractivity contribution in [2.45, 2.75) is 44.9 Å². The number of nitrogens with one attached hydrogen (secondary N) is 1. The van der Waals surface area contributed by atoms with Gasteiger partial charge in [0.1, 0.15) is 5.65 Å². The summed E-state index contributed by atoms with van der Waals surface area (Å²) in [5.74, 6) is 0.797. The Morgan fingerprint density at radius 3 is 2.78 bits per heavy atom. The molecule has 1 fully saturated rings. The molecule has 1 saturated carbocycles. The Kier molecular flexibility index (Phi) is 3.55. The highest BCUT2D eigenvalue weighted by Gasteiger charge is 2.16. The van der Waals surface area contributed by atoms with E-state index in [1.165, 1.54) is 49.5 Å². The summed E-state index contributed by atoms with van der Waals surface area (Å²) in [5, 5.41) is 2.03. The molecule has 3 rings (SSSR count). The molecule has 0 amide bonds. The SMILES string of the molecule is Clc1cnc2[nH]ccc2c1CC1CCCCCC1. The molecule has 0 atom stereocenters. The molecule has 0 unspecified atom stereocenters. The number of rotatable bonds is 2. The molecule has 0 aliphatic heterocycles. The zero-order chi connectivity index (χ0) is 12.4. The molecular formula is C15H19ClN2. The molecule has 0 aromatic carbocycles. The van der Waals surface area contributed by atoms with Gasteiger partial charge in [0.25, 0.3) is 0 Å². The smallest absolute Gasteiger partial charge is 0.137 e. The summed E-state index contributed by atoms with van der Waals surface area (Å²) in [6.45, 7) is 0. The molecule has 2 aromatic heterocycles. The van der Waals surface area contributed by atoms with E-state index in [-0.39, 0.29) is 0 Å². The Morgan fingerprint density at radius 2 is 2.00 bits per heavy atom. The minimum Gasteiger partial charge on any atom is -0.346 e. The third kappa shape index (κ3) is 2.39. The highest BCUT2D eigenvalue weighted by atomic mass is 35.5. The van der Waals surface area contributed by atoms with Crippen molar-refractivity contribution in [2.75, 3.05) is 0 Å². The molecule has 1 N–H and O–H groups in total. The molecule has 1 aliphatic carbocycles. The van der Waals surface area contributed by atoms with Crippen molar-refractivity contribution in [1.82, 2.24) is 9.97 Å². The summed E-state index contributed by atoms with van der Waals surface area (Å²) >= 11 is 6.34. The predicted molar refractivity (Wildman–Crippen MR) is 76.0 cm³/mol. The topological polar surface area (TPSA) is 28.7 Å². The minimum atomic E-state index is 0.797. The molecule has 1 aliphatic rings. The van der Waals surface area contributed by atoms with E-state index in [4.69, 9.17) is 11.6 Å². The van der Waals surface area contributed by atoms with Crippen LogP contribution in [0, 0.1) is 5.92 Å². The Morgan fingerprint density at radius 1 is 1.22 bits per heavy atom. The van der Waals surface area contributed by atoms with Crippen LogP contribution in [0.1, 0.15) is 44.1 Å². The Bertz CT molecular complexity index is 524. The fourth-order valence-corrected chi connectivity index (χ4v) is 3.33. The van der Waals surface area contributed by atoms with Gasteiger partial charge >= 0.3 is 0 Å². The van der Waals surface area contributed by atoms with Crippen LogP contribution in [-0.2, 0) is 6.42 Å². The van der Waals surface area contributed by atoms with Gasteiger partial charge in [0.15, 0.2) is 0 Å². The van der Waals surface area contributed by atoms with Crippen LogP contribution < -0.4 is 0 Å². The number of halogens is 1. The molecule has 2 heterocycles. The molecule has 2 aromatic rings. The average Bonchev–Trinajstić information content (AvgIpc) is 2.70. The fraction of sp³-hybridized carbons (Fsp3) is 0.533. The van der Waals surface area contributed by atoms with Gasteiger partial charge < -0.3 is 4.98 Å². The van der Waals surface area contributed by atoms with E-state index in [0.29, 0.717) is 0 Å². The summed E-state index contributed by atoms with van der Waals surface area (Å²) in [7, 11) is 0. The maximum absolute atomic E-state index is 6.34. The highest BCUT2D eigenvalue weighted by molar-refractivity contribution is 6.32. The normalized spacial score (nSPS) is 18.1. The van der Waals surface area contributed by atoms with Crippen molar-refractivity contribution in [1.29, 1.82) is 0 Å². The van der Waals surface area contributed by atoms with Crippen molar-refractivity contribution in [3.63, 3.8) is 0 Å². The second kappa shape index (κ2) is 5.31. The van der Waals surface area contributed by atoms with Gasteiger partial charge in [0.2, 0.25) is 0 Å². The number of aromatic nitrogens is 2. The molecule has 18 heavy (non-hydrogen) atoms. The van der Waals surface area contributed by atoms with Gasteiger partial charge in [0, 0.05) is 17.8 Å². The zero-order valence-electron chi connectivity index (χ0n) is 10.6. The van der Waals surface area contributed by atoms with E-state index in [1.54, 1.807) is 6.20 Å². The van der Waals surface area contributed by atoms with Crippen molar-refractivity contribution < 1.29 is 0 Å². The average molecular weight is 263 g/mol. The number of nitrogens with zero attached hydrogens (tertiary/aromatic N) is 1. The van der Waals surface area contributed by atoms with Gasteiger partial charge in [0.05, 0.1) is 5.02 Å². The predicted octanol–water partition coefficient (Wildman–Crippen LogP) is 4.73. The maximum atomic E-state index is 6.34. The van der Waals surface area contributed by atoms with E-state index < -0.39 is 0 Å². The lowest BCUT2D eigenvalue weighted by Crippen LogP contribution is -2.04. The largest absolute Gasteiger partial charge is 0.346 e. The van der Waals surface area contributed by atoms with Crippen LogP contribution in [0.5, 0.6) is 0 Å². The molecule has 0 saturated heterocycles. The summed E-state index contributed by atoms with van der Waals surface area (Å²) in [6, 6.07) is 2.10. The summed E-state index contributed by atoms with van der Waals surface area (Å²) < 4.78 is 0. The van der Waals surface area contributed by atoms with Crippen LogP contribution in [-0.4, -0.2) is 9.97 Å². The van der Waals surface area contributed by atoms with E-state index in [2.05, 4.69) is 16.0 Å². The number of hydrogen-bond donors (Lipinski definition) is 1. The lowest BCUT2D eigenvalue weighted by Gasteiger charge is -2.15. The van der Waals surface area contributed by atoms with Gasteiger partial charge in [-0.25, -0.2) is 4.98 Å². The van der Waals surface area contributed by atoms with Gasteiger partial charge in [-0.1, -0.05) is 50.1 Å². The molecule has 2 nitrogen and oxygen atoms in total. The van der Waals surface area contributed by atoms with Crippen LogP contribution >= 0.6 is 11.6 Å². The number of hydrogen-bond acceptors (Lipinski definition) is 1. The Labute approximate surface area is 113 Å². The Balaban J connectivity index is 1.88. The van der Waals surface area contributed by atoms with Gasteiger partial charge in [-0.2, -0.15) is 0 Å². The van der Waals surface area contributed by atoms with Crippen LogP contribution in [0.3, 0.4) is 0 Å². The number of pyridine rings is 1. The summed E-state index contributed by atoms with van der Waals surface area (Å²) in [6.07, 6.45) is 13.1. The van der Waals surface area contributed by atoms with Crippen LogP contribution in [0.15, 0.2) is 18.5 Å². The number of H-pyrrole nitrogens is 1. The third-order valence-electron chi connectivity index (χ3n) is 4.11. The summed E-state index contributed by atoms with van der Waals surface area (Å²) in [5.41, 5.74) is 2.25. The van der Waals surface area contributed by atoms with E-state index in [9.17, 15) is 0 Å². The monoisotopic (exact) mass is 262 g/mol. The van der Waals surface area contributed by atoms with Crippen LogP contribution in [0.2, 0.25) is 5.02 Å². The van der Waals surface area contributed by atoms with Gasteiger partial charge in [-0.3, -0.25) is 0 Å². The van der Waals surface area contributed by atoms with E-state index in [1.807, 2.05) is 6.20 Å². The van der Waals surface area contributed by atoms with Gasteiger partial charge in [-0.05, 0) is 24.0 Å². The van der Waals surface area contributed by atoms with Crippen molar-refractivity contribution >= 4 is 22.6 Å². The molecular weight excluding hydrogens is 244 g/mol. The first kappa shape index (κ1) is 12.0. The second-order valence-corrected chi connectivity index (χ2v) is 5.79. The first-order valence-corrected chi connectivity index (χ1v) is 7.33.